The summed E-state index contributed by atoms with van der Waals surface area (Å²) in [5.41, 5.74) is 1.32. The van der Waals surface area contributed by atoms with Gasteiger partial charge in [-0.2, -0.15) is 0 Å². The number of nitro groups is 1. The molecule has 116 valence electrons. The van der Waals surface area contributed by atoms with Crippen LogP contribution in [-0.4, -0.2) is 18.6 Å². The van der Waals surface area contributed by atoms with Crippen LogP contribution in [0.5, 0.6) is 11.5 Å². The van der Waals surface area contributed by atoms with Crippen molar-refractivity contribution >= 4 is 19.4 Å². The molecule has 0 heterocycles. The minimum absolute atomic E-state index is 0.0676. The lowest BCUT2D eigenvalue weighted by Gasteiger charge is -2.14. The maximum absolute atomic E-state index is 11.2. The van der Waals surface area contributed by atoms with Gasteiger partial charge in [0.15, 0.2) is 0 Å². The third kappa shape index (κ3) is 4.32. The van der Waals surface area contributed by atoms with Crippen molar-refractivity contribution in [2.45, 2.75) is 20.0 Å². The predicted molar refractivity (Wildman–Crippen MR) is 85.0 cm³/mol. The highest BCUT2D eigenvalue weighted by Crippen LogP contribution is 2.34. The van der Waals surface area contributed by atoms with E-state index in [-0.39, 0.29) is 11.4 Å². The first kappa shape index (κ1) is 16.5. The number of nitro benzene ring substituents is 1. The molecule has 0 aliphatic rings. The zero-order valence-corrected chi connectivity index (χ0v) is 12.7. The molecule has 2 aromatic rings. The molecule has 0 aromatic heterocycles. The Hall–Kier alpha value is -2.83. The number of ether oxygens (including phenoxy) is 2. The summed E-state index contributed by atoms with van der Waals surface area (Å²) in [5, 5.41) is 11.2. The highest BCUT2D eigenvalue weighted by atomic mass is 16.6. The molecule has 0 N–H and O–H groups in total. The van der Waals surface area contributed by atoms with Crippen molar-refractivity contribution in [1.29, 1.82) is 0 Å². The summed E-state index contributed by atoms with van der Waals surface area (Å²) in [4.78, 5) is 21.5. The molecule has 0 saturated heterocycles. The van der Waals surface area contributed by atoms with Crippen molar-refractivity contribution < 1.29 is 19.2 Å². The molecule has 0 saturated carbocycles. The van der Waals surface area contributed by atoms with E-state index in [1.807, 2.05) is 13.0 Å². The molecule has 2 radical (unpaired) electrons. The molecule has 0 bridgehead atoms. The first-order valence-electron chi connectivity index (χ1n) is 6.86. The molecule has 0 amide bonds. The molecule has 0 aliphatic heterocycles. The zero-order valence-electron chi connectivity index (χ0n) is 12.7. The average molecular weight is 311 g/mol. The Labute approximate surface area is 134 Å². The largest absolute Gasteiger partial charge is 0.467 e. The van der Waals surface area contributed by atoms with Crippen molar-refractivity contribution in [3.63, 3.8) is 0 Å². The van der Waals surface area contributed by atoms with E-state index in [1.165, 1.54) is 18.2 Å². The quantitative estimate of drug-likeness (QED) is 0.472. The van der Waals surface area contributed by atoms with Gasteiger partial charge >= 0.3 is 5.69 Å². The third-order valence-electron chi connectivity index (χ3n) is 3.16. The molecule has 23 heavy (non-hydrogen) atoms. The number of carbonyl (C=O) groups excluding carboxylic acids is 1. The average Bonchev–Trinajstić information content (AvgIpc) is 2.46. The van der Waals surface area contributed by atoms with Gasteiger partial charge < -0.3 is 9.47 Å². The van der Waals surface area contributed by atoms with E-state index in [9.17, 15) is 14.9 Å². The van der Waals surface area contributed by atoms with Gasteiger partial charge in [0.05, 0.1) is 4.92 Å². The molecule has 7 heteroatoms. The molecule has 0 aliphatic carbocycles. The normalized spacial score (nSPS) is 11.6. The Morgan fingerprint density at radius 3 is 2.61 bits per heavy atom. The van der Waals surface area contributed by atoms with Crippen molar-refractivity contribution in [3.05, 3.63) is 63.7 Å². The topological polar surface area (TPSA) is 78.7 Å². The van der Waals surface area contributed by atoms with E-state index in [1.54, 1.807) is 25.1 Å². The smallest absolute Gasteiger partial charge is 0.311 e. The zero-order chi connectivity index (χ0) is 17.0. The Balaban J connectivity index is 2.38. The summed E-state index contributed by atoms with van der Waals surface area (Å²) in [6.45, 7) is 3.50. The predicted octanol–water partition coefficient (Wildman–Crippen LogP) is 4.06. The fourth-order valence-electron chi connectivity index (χ4n) is 2.06. The maximum Gasteiger partial charge on any atom is 0.311 e. The Kier molecular flexibility index (Phi) is 5.00. The monoisotopic (exact) mass is 311 g/mol. The van der Waals surface area contributed by atoms with E-state index in [4.69, 9.17) is 17.3 Å². The van der Waals surface area contributed by atoms with Crippen LogP contribution in [0.1, 0.15) is 24.2 Å². The minimum atomic E-state index is -0.919. The summed E-state index contributed by atoms with van der Waals surface area (Å²) in [5.74, 6) is -0.372. The number of nitrogens with zero attached hydrogens (tertiary/aromatic N) is 1. The first-order chi connectivity index (χ1) is 10.9. The number of benzene rings is 2. The van der Waals surface area contributed by atoms with Crippen molar-refractivity contribution in [2.75, 3.05) is 0 Å². The van der Waals surface area contributed by atoms with Gasteiger partial charge in [0.25, 0.3) is 0 Å². The van der Waals surface area contributed by atoms with Crippen molar-refractivity contribution in [1.82, 2.24) is 0 Å². The fraction of sp³-hybridized carbons (Fsp3) is 0.188. The van der Waals surface area contributed by atoms with E-state index >= 15 is 0 Å². The maximum atomic E-state index is 11.2. The molecule has 0 fully saturated rings. The minimum Gasteiger partial charge on any atom is -0.467 e. The number of hydrogen-bond donors (Lipinski definition) is 0. The molecule has 2 rings (SSSR count). The molecule has 2 aromatic carbocycles. The summed E-state index contributed by atoms with van der Waals surface area (Å²) in [6.07, 6.45) is -0.645. The van der Waals surface area contributed by atoms with Gasteiger partial charge in [0.2, 0.25) is 19.5 Å². The Morgan fingerprint density at radius 1 is 1.26 bits per heavy atom. The molecular weight excluding hydrogens is 297 g/mol. The van der Waals surface area contributed by atoms with Crippen LogP contribution in [0.15, 0.2) is 42.5 Å². The van der Waals surface area contributed by atoms with Crippen molar-refractivity contribution in [2.24, 2.45) is 0 Å². The van der Waals surface area contributed by atoms with Crippen molar-refractivity contribution in [3.8, 4) is 11.5 Å². The SMILES string of the molecule is [B]C(=O)OC(C)c1ccc([N+](=O)[O-])c(Oc2cccc(C)c2)c1. The number of carbonyl (C=O) groups is 1. The van der Waals surface area contributed by atoms with Crippen LogP contribution in [0.4, 0.5) is 10.5 Å². The van der Waals surface area contributed by atoms with Crippen LogP contribution in [0.3, 0.4) is 0 Å². The second-order valence-electron chi connectivity index (χ2n) is 4.98. The highest BCUT2D eigenvalue weighted by molar-refractivity contribution is 6.55. The highest BCUT2D eigenvalue weighted by Gasteiger charge is 2.19. The van der Waals surface area contributed by atoms with Gasteiger partial charge in [-0.1, -0.05) is 12.1 Å². The van der Waals surface area contributed by atoms with E-state index in [2.05, 4.69) is 0 Å². The Bertz CT molecular complexity index is 747. The van der Waals surface area contributed by atoms with Crippen LogP contribution in [0, 0.1) is 17.0 Å². The molecule has 6 nitrogen and oxygen atoms in total. The first-order valence-corrected chi connectivity index (χ1v) is 6.86. The summed E-state index contributed by atoms with van der Waals surface area (Å²) >= 11 is 0. The summed E-state index contributed by atoms with van der Waals surface area (Å²) < 4.78 is 10.5. The molecule has 1 atom stereocenters. The second-order valence-corrected chi connectivity index (χ2v) is 4.98. The fourth-order valence-corrected chi connectivity index (χ4v) is 2.06. The lowest BCUT2D eigenvalue weighted by atomic mass is 10.1. The van der Waals surface area contributed by atoms with E-state index < -0.39 is 16.9 Å². The van der Waals surface area contributed by atoms with Crippen LogP contribution in [0.2, 0.25) is 0 Å². The summed E-state index contributed by atoms with van der Waals surface area (Å²) in [6, 6.07) is 11.4. The van der Waals surface area contributed by atoms with Gasteiger partial charge in [-0.25, -0.2) is 0 Å². The van der Waals surface area contributed by atoms with Gasteiger partial charge in [-0.3, -0.25) is 14.9 Å². The molecule has 1 unspecified atom stereocenters. The Morgan fingerprint density at radius 2 is 2.00 bits per heavy atom. The van der Waals surface area contributed by atoms with Crippen LogP contribution >= 0.6 is 0 Å². The standard InChI is InChI=1S/C16H14BNO5/c1-10-4-3-5-13(8-10)23-15-9-12(11(2)22-16(17)19)6-7-14(15)18(20)21/h3-9,11H,1-2H3. The third-order valence-corrected chi connectivity index (χ3v) is 3.16. The number of aryl methyl sites for hydroxylation is 1. The second kappa shape index (κ2) is 6.96. The van der Waals surface area contributed by atoms with Gasteiger partial charge in [-0.15, -0.1) is 0 Å². The van der Waals surface area contributed by atoms with E-state index in [0.29, 0.717) is 11.3 Å². The van der Waals surface area contributed by atoms with Crippen LogP contribution < -0.4 is 4.74 Å². The van der Waals surface area contributed by atoms with Crippen LogP contribution in [-0.2, 0) is 4.74 Å². The van der Waals surface area contributed by atoms with Gasteiger partial charge in [-0.05, 0) is 49.2 Å². The van der Waals surface area contributed by atoms with Crippen LogP contribution in [0.25, 0.3) is 0 Å². The van der Waals surface area contributed by atoms with E-state index in [0.717, 1.165) is 5.56 Å². The summed E-state index contributed by atoms with van der Waals surface area (Å²) in [7, 11) is 4.99. The van der Waals surface area contributed by atoms with Gasteiger partial charge in [0, 0.05) is 6.07 Å². The lowest BCUT2D eigenvalue weighted by Crippen LogP contribution is -2.07. The van der Waals surface area contributed by atoms with Gasteiger partial charge in [0.1, 0.15) is 11.9 Å². The number of rotatable bonds is 5. The molecule has 0 spiro atoms. The molecular formula is C16H14BNO5. The number of hydrogen-bond acceptors (Lipinski definition) is 5. The lowest BCUT2D eigenvalue weighted by molar-refractivity contribution is -0.385.